The second kappa shape index (κ2) is 9.36. The van der Waals surface area contributed by atoms with E-state index in [0.29, 0.717) is 11.8 Å². The standard InChI is InChI=1S/C31H46N2O5/c1-28-12-7-23(38-27(35)33-22-10-16-32-17-11-22)18-21(28)6-13-30(3)25(28)9-14-29(2)24(8-15-31(29,30)36)20-4-5-26(34)37-19-20/h4-5,19,21-25,32,36H,6-18H2,1-3H3,(H,33,35)/t21-,23+,24-,25?,28+,29-,30-,31-/m1/s1. The van der Waals surface area contributed by atoms with E-state index in [-0.39, 0.29) is 46.0 Å². The maximum atomic E-state index is 12.7. The fourth-order valence-corrected chi connectivity index (χ4v) is 10.3. The largest absolute Gasteiger partial charge is 0.446 e. The molecule has 210 valence electrons. The number of aliphatic hydroxyl groups is 1. The fraction of sp³-hybridized carbons (Fsp3) is 0.806. The Bertz CT molecular complexity index is 1100. The van der Waals surface area contributed by atoms with Crippen LogP contribution in [0.25, 0.3) is 0 Å². The molecule has 4 aliphatic carbocycles. The summed E-state index contributed by atoms with van der Waals surface area (Å²) in [6, 6.07) is 3.64. The van der Waals surface area contributed by atoms with Gasteiger partial charge >= 0.3 is 11.7 Å². The van der Waals surface area contributed by atoms with Gasteiger partial charge in [-0.25, -0.2) is 9.59 Å². The van der Waals surface area contributed by atoms with Crippen LogP contribution in [0.4, 0.5) is 4.79 Å². The van der Waals surface area contributed by atoms with E-state index in [1.54, 1.807) is 6.26 Å². The topological polar surface area (TPSA) is 101 Å². The number of alkyl carbamates (subject to hydrolysis) is 1. The molecule has 8 atom stereocenters. The van der Waals surface area contributed by atoms with Gasteiger partial charge in [0, 0.05) is 22.9 Å². The summed E-state index contributed by atoms with van der Waals surface area (Å²) in [5, 5.41) is 19.1. The van der Waals surface area contributed by atoms with Gasteiger partial charge in [0.2, 0.25) is 0 Å². The van der Waals surface area contributed by atoms with Crippen LogP contribution in [0.5, 0.6) is 0 Å². The molecule has 0 spiro atoms. The zero-order valence-electron chi connectivity index (χ0n) is 23.4. The summed E-state index contributed by atoms with van der Waals surface area (Å²) in [5.41, 5.74) is -0.278. The second-order valence-corrected chi connectivity index (χ2v) is 14.0. The minimum absolute atomic E-state index is 0.0142. The van der Waals surface area contributed by atoms with Crippen molar-refractivity contribution in [1.29, 1.82) is 0 Å². The molecule has 5 aliphatic rings. The molecule has 0 aromatic carbocycles. The number of ether oxygens (including phenoxy) is 1. The summed E-state index contributed by atoms with van der Waals surface area (Å²) in [5.74, 6) is 1.16. The minimum Gasteiger partial charge on any atom is -0.446 e. The Labute approximate surface area is 226 Å². The first kappa shape index (κ1) is 26.4. The Morgan fingerprint density at radius 1 is 1.00 bits per heavy atom. The third-order valence-corrected chi connectivity index (χ3v) is 12.5. The highest BCUT2D eigenvalue weighted by molar-refractivity contribution is 5.67. The zero-order valence-corrected chi connectivity index (χ0v) is 23.4. The molecule has 1 unspecified atom stereocenters. The number of hydrogen-bond acceptors (Lipinski definition) is 6. The average molecular weight is 527 g/mol. The second-order valence-electron chi connectivity index (χ2n) is 14.0. The van der Waals surface area contributed by atoms with Crippen LogP contribution in [0.2, 0.25) is 0 Å². The number of carbonyl (C=O) groups excluding carboxylic acids is 1. The van der Waals surface area contributed by atoms with Crippen LogP contribution in [-0.4, -0.2) is 42.0 Å². The molecule has 7 nitrogen and oxygen atoms in total. The number of hydrogen-bond donors (Lipinski definition) is 3. The number of nitrogens with one attached hydrogen (secondary N) is 2. The van der Waals surface area contributed by atoms with Crippen molar-refractivity contribution < 1.29 is 19.1 Å². The zero-order chi connectivity index (χ0) is 26.8. The first-order valence-corrected chi connectivity index (χ1v) is 15.1. The molecule has 1 aromatic rings. The Hall–Kier alpha value is -1.86. The van der Waals surface area contributed by atoms with Crippen molar-refractivity contribution in [3.8, 4) is 0 Å². The molecule has 5 fully saturated rings. The molecule has 1 saturated heterocycles. The first-order chi connectivity index (χ1) is 18.1. The van der Waals surface area contributed by atoms with E-state index < -0.39 is 5.60 Å². The van der Waals surface area contributed by atoms with Gasteiger partial charge in [0.15, 0.2) is 0 Å². The van der Waals surface area contributed by atoms with E-state index in [4.69, 9.17) is 9.15 Å². The Kier molecular flexibility index (Phi) is 6.50. The quantitative estimate of drug-likeness (QED) is 0.506. The molecular formula is C31H46N2O5. The summed E-state index contributed by atoms with van der Waals surface area (Å²) < 4.78 is 11.2. The number of rotatable bonds is 3. The van der Waals surface area contributed by atoms with Crippen LogP contribution < -0.4 is 16.3 Å². The lowest BCUT2D eigenvalue weighted by molar-refractivity contribution is -0.254. The summed E-state index contributed by atoms with van der Waals surface area (Å²) >= 11 is 0. The predicted molar refractivity (Wildman–Crippen MR) is 145 cm³/mol. The van der Waals surface area contributed by atoms with Crippen molar-refractivity contribution >= 4 is 6.09 Å². The van der Waals surface area contributed by atoms with Gasteiger partial charge in [0.25, 0.3) is 0 Å². The molecule has 38 heavy (non-hydrogen) atoms. The Morgan fingerprint density at radius 2 is 1.76 bits per heavy atom. The number of amides is 1. The molecule has 0 bridgehead atoms. The lowest BCUT2D eigenvalue weighted by Gasteiger charge is -2.68. The van der Waals surface area contributed by atoms with Gasteiger partial charge in [-0.2, -0.15) is 0 Å². The molecule has 2 heterocycles. The summed E-state index contributed by atoms with van der Waals surface area (Å²) in [4.78, 5) is 24.2. The smallest absolute Gasteiger partial charge is 0.407 e. The van der Waals surface area contributed by atoms with Crippen LogP contribution in [0.3, 0.4) is 0 Å². The summed E-state index contributed by atoms with van der Waals surface area (Å²) in [6.45, 7) is 9.03. The molecule has 3 N–H and O–H groups in total. The minimum atomic E-state index is -0.750. The van der Waals surface area contributed by atoms with Crippen LogP contribution >= 0.6 is 0 Å². The van der Waals surface area contributed by atoms with Gasteiger partial charge in [-0.1, -0.05) is 20.8 Å². The van der Waals surface area contributed by atoms with E-state index in [9.17, 15) is 14.7 Å². The van der Waals surface area contributed by atoms with Gasteiger partial charge < -0.3 is 24.9 Å². The molecule has 6 rings (SSSR count). The van der Waals surface area contributed by atoms with Crippen molar-refractivity contribution in [1.82, 2.24) is 10.6 Å². The highest BCUT2D eigenvalue weighted by Crippen LogP contribution is 2.75. The van der Waals surface area contributed by atoms with Crippen LogP contribution in [0.15, 0.2) is 27.6 Å². The molecular weight excluding hydrogens is 480 g/mol. The Balaban J connectivity index is 1.17. The van der Waals surface area contributed by atoms with Gasteiger partial charge in [0.1, 0.15) is 6.10 Å². The maximum absolute atomic E-state index is 12.7. The normalized spacial score (nSPS) is 44.9. The fourth-order valence-electron chi connectivity index (χ4n) is 10.3. The van der Waals surface area contributed by atoms with Crippen LogP contribution in [0, 0.1) is 28.1 Å². The number of fused-ring (bicyclic) bond motifs is 5. The molecule has 1 aromatic heterocycles. The van der Waals surface area contributed by atoms with E-state index in [0.717, 1.165) is 89.3 Å². The van der Waals surface area contributed by atoms with Gasteiger partial charge in [-0.15, -0.1) is 0 Å². The van der Waals surface area contributed by atoms with E-state index >= 15 is 0 Å². The highest BCUT2D eigenvalue weighted by Gasteiger charge is 2.72. The van der Waals surface area contributed by atoms with Gasteiger partial charge in [-0.3, -0.25) is 0 Å². The van der Waals surface area contributed by atoms with Crippen molar-refractivity contribution in [2.75, 3.05) is 13.1 Å². The molecule has 1 aliphatic heterocycles. The third kappa shape index (κ3) is 3.89. The Morgan fingerprint density at radius 3 is 2.50 bits per heavy atom. The first-order valence-electron chi connectivity index (χ1n) is 15.1. The van der Waals surface area contributed by atoms with Crippen molar-refractivity contribution in [2.45, 2.75) is 115 Å². The van der Waals surface area contributed by atoms with E-state index in [1.165, 1.54) is 6.07 Å². The predicted octanol–water partition coefficient (Wildman–Crippen LogP) is 5.12. The molecule has 4 saturated carbocycles. The SMILES string of the molecule is C[C@]12CC[C@H](OC(=O)NC3CCNCC3)C[C@H]1CC[C@]1(C)C2CC[C@]2(C)[C@@H](c3ccc(=O)oc3)CC[C@]12O. The van der Waals surface area contributed by atoms with Gasteiger partial charge in [-0.05, 0) is 119 Å². The highest BCUT2D eigenvalue weighted by atomic mass is 16.6. The third-order valence-electron chi connectivity index (χ3n) is 12.5. The lowest BCUT2D eigenvalue weighted by Crippen LogP contribution is -2.67. The lowest BCUT2D eigenvalue weighted by atomic mass is 9.38. The summed E-state index contributed by atoms with van der Waals surface area (Å²) in [7, 11) is 0. The molecule has 1 amide bonds. The van der Waals surface area contributed by atoms with Crippen molar-refractivity contribution in [2.24, 2.45) is 28.1 Å². The van der Waals surface area contributed by atoms with Crippen molar-refractivity contribution in [3.63, 3.8) is 0 Å². The number of carbonyl (C=O) groups is 1. The summed E-state index contributed by atoms with van der Waals surface area (Å²) in [6.07, 6.45) is 12.1. The van der Waals surface area contributed by atoms with E-state index in [2.05, 4.69) is 31.4 Å². The van der Waals surface area contributed by atoms with Crippen LogP contribution in [0.1, 0.15) is 103 Å². The van der Waals surface area contributed by atoms with Crippen LogP contribution in [-0.2, 0) is 4.74 Å². The number of piperidine rings is 1. The molecule has 0 radical (unpaired) electrons. The van der Waals surface area contributed by atoms with Gasteiger partial charge in [0.05, 0.1) is 11.9 Å². The monoisotopic (exact) mass is 526 g/mol. The maximum Gasteiger partial charge on any atom is 0.407 e. The van der Waals surface area contributed by atoms with E-state index in [1.807, 2.05) is 6.07 Å². The average Bonchev–Trinajstić information content (AvgIpc) is 3.17. The molecule has 7 heteroatoms. The van der Waals surface area contributed by atoms with Crippen molar-refractivity contribution in [3.05, 3.63) is 34.4 Å².